The fourth-order valence-electron chi connectivity index (χ4n) is 2.54. The van der Waals surface area contributed by atoms with Gasteiger partial charge in [-0.2, -0.15) is 0 Å². The first kappa shape index (κ1) is 18.0. The lowest BCUT2D eigenvalue weighted by Gasteiger charge is -2.28. The summed E-state index contributed by atoms with van der Waals surface area (Å²) < 4.78 is 0. The molecule has 0 unspecified atom stereocenters. The van der Waals surface area contributed by atoms with E-state index in [1.807, 2.05) is 0 Å². The van der Waals surface area contributed by atoms with E-state index in [2.05, 4.69) is 20.3 Å². The molecule has 1 aromatic carbocycles. The molecule has 138 valence electrons. The number of aromatic nitrogens is 2. The highest BCUT2D eigenvalue weighted by molar-refractivity contribution is 6.32. The van der Waals surface area contributed by atoms with E-state index in [1.54, 1.807) is 30.3 Å². The van der Waals surface area contributed by atoms with E-state index in [1.165, 1.54) is 12.5 Å². The molecule has 10 heteroatoms. The van der Waals surface area contributed by atoms with Crippen molar-refractivity contribution in [3.8, 4) is 0 Å². The van der Waals surface area contributed by atoms with Crippen LogP contribution in [0.3, 0.4) is 0 Å². The molecule has 0 spiro atoms. The number of nitrogens with one attached hydrogen (secondary N) is 2. The van der Waals surface area contributed by atoms with Gasteiger partial charge in [0.2, 0.25) is 5.91 Å². The van der Waals surface area contributed by atoms with Crippen molar-refractivity contribution in [2.24, 2.45) is 10.9 Å². The summed E-state index contributed by atoms with van der Waals surface area (Å²) in [4.78, 5) is 59.4. The van der Waals surface area contributed by atoms with Crippen molar-refractivity contribution in [3.63, 3.8) is 0 Å². The molecule has 1 fully saturated rings. The number of carbonyl (C=O) groups is 4. The second-order valence-corrected chi connectivity index (χ2v) is 5.71. The van der Waals surface area contributed by atoms with Gasteiger partial charge in [0, 0.05) is 24.5 Å². The Morgan fingerprint density at radius 3 is 2.67 bits per heavy atom. The van der Waals surface area contributed by atoms with Crippen molar-refractivity contribution in [2.45, 2.75) is 12.5 Å². The van der Waals surface area contributed by atoms with Gasteiger partial charge >= 0.3 is 12.0 Å². The molecule has 3 rings (SSSR count). The van der Waals surface area contributed by atoms with E-state index < -0.39 is 35.8 Å². The first-order valence-corrected chi connectivity index (χ1v) is 7.94. The first-order valence-electron chi connectivity index (χ1n) is 7.94. The fourth-order valence-corrected chi connectivity index (χ4v) is 2.54. The quantitative estimate of drug-likeness (QED) is 0.496. The molecule has 10 nitrogen and oxygen atoms in total. The highest BCUT2D eigenvalue weighted by Crippen LogP contribution is 2.19. The number of barbiturate groups is 1. The molecule has 2 heterocycles. The minimum atomic E-state index is -1.41. The second kappa shape index (κ2) is 7.60. The molecular formula is C17H15N5O5. The largest absolute Gasteiger partial charge is 0.480 e. The standard InChI is InChI=1S/C17H15N5O5/c23-14-12(8-19-13(16(25)26)6-10-7-18-9-20-10)15(24)22(17(27)21-14)11-4-2-1-3-5-11/h1-5,7-9,12-13H,6H2,(H,18,20)(H,25,26)(H,21,23,27)/t12-,13-/m1/s1. The number of H-pyrrole nitrogens is 1. The van der Waals surface area contributed by atoms with Crippen LogP contribution in [0, 0.1) is 5.92 Å². The Labute approximate surface area is 152 Å². The summed E-state index contributed by atoms with van der Waals surface area (Å²) in [5.74, 6) is -4.29. The minimum Gasteiger partial charge on any atom is -0.480 e. The van der Waals surface area contributed by atoms with Crippen LogP contribution in [0.4, 0.5) is 10.5 Å². The normalized spacial score (nSPS) is 18.6. The maximum absolute atomic E-state index is 12.6. The van der Waals surface area contributed by atoms with Gasteiger partial charge in [0.15, 0.2) is 12.0 Å². The predicted octanol–water partition coefficient (Wildman–Crippen LogP) is 0.375. The molecule has 3 N–H and O–H groups in total. The zero-order chi connectivity index (χ0) is 19.4. The molecule has 2 atom stereocenters. The summed E-state index contributed by atoms with van der Waals surface area (Å²) in [6.45, 7) is 0. The number of urea groups is 1. The van der Waals surface area contributed by atoms with E-state index in [0.29, 0.717) is 5.69 Å². The molecule has 1 aliphatic heterocycles. The second-order valence-electron chi connectivity index (χ2n) is 5.71. The number of carboxylic acid groups (broad SMARTS) is 1. The molecule has 0 saturated carbocycles. The molecule has 27 heavy (non-hydrogen) atoms. The average molecular weight is 369 g/mol. The van der Waals surface area contributed by atoms with Gasteiger partial charge in [-0.15, -0.1) is 0 Å². The lowest BCUT2D eigenvalue weighted by atomic mass is 10.1. The molecule has 2 aromatic rings. The summed E-state index contributed by atoms with van der Waals surface area (Å²) in [5.41, 5.74) is 0.832. The number of carboxylic acids is 1. The number of hydrogen-bond acceptors (Lipinski definition) is 6. The molecule has 0 bridgehead atoms. The van der Waals surface area contributed by atoms with Gasteiger partial charge in [-0.25, -0.2) is 19.5 Å². The van der Waals surface area contributed by atoms with Crippen LogP contribution in [-0.4, -0.2) is 51.1 Å². The summed E-state index contributed by atoms with van der Waals surface area (Å²) >= 11 is 0. The highest BCUT2D eigenvalue weighted by Gasteiger charge is 2.40. The van der Waals surface area contributed by atoms with Crippen LogP contribution in [-0.2, 0) is 20.8 Å². The number of imidazole rings is 1. The first-order chi connectivity index (χ1) is 13.0. The number of para-hydroxylation sites is 1. The zero-order valence-corrected chi connectivity index (χ0v) is 13.9. The van der Waals surface area contributed by atoms with E-state index in [0.717, 1.165) is 11.1 Å². The Bertz CT molecular complexity index is 894. The number of anilines is 1. The van der Waals surface area contributed by atoms with Crippen LogP contribution in [0.15, 0.2) is 47.8 Å². The van der Waals surface area contributed by atoms with Crippen molar-refractivity contribution < 1.29 is 24.3 Å². The summed E-state index contributed by atoms with van der Waals surface area (Å²) in [7, 11) is 0. The molecule has 1 saturated heterocycles. The minimum absolute atomic E-state index is 0.00962. The summed E-state index contributed by atoms with van der Waals surface area (Å²) in [6, 6.07) is 5.99. The Morgan fingerprint density at radius 1 is 1.30 bits per heavy atom. The third-order valence-corrected chi connectivity index (χ3v) is 3.88. The molecule has 0 radical (unpaired) electrons. The third-order valence-electron chi connectivity index (χ3n) is 3.88. The van der Waals surface area contributed by atoms with Crippen molar-refractivity contribution in [3.05, 3.63) is 48.5 Å². The molecule has 1 aromatic heterocycles. The number of rotatable bonds is 6. The van der Waals surface area contributed by atoms with Gasteiger partial charge in [-0.1, -0.05) is 18.2 Å². The topological polar surface area (TPSA) is 145 Å². The number of carbonyl (C=O) groups excluding carboxylic acids is 3. The van der Waals surface area contributed by atoms with Crippen LogP contribution < -0.4 is 10.2 Å². The van der Waals surface area contributed by atoms with Crippen LogP contribution >= 0.6 is 0 Å². The van der Waals surface area contributed by atoms with Crippen molar-refractivity contribution >= 4 is 35.7 Å². The highest BCUT2D eigenvalue weighted by atomic mass is 16.4. The molecule has 0 aliphatic carbocycles. The fraction of sp³-hybridized carbons (Fsp3) is 0.176. The van der Waals surface area contributed by atoms with Crippen molar-refractivity contribution in [1.82, 2.24) is 15.3 Å². The van der Waals surface area contributed by atoms with Crippen molar-refractivity contribution in [1.29, 1.82) is 0 Å². The van der Waals surface area contributed by atoms with Crippen molar-refractivity contribution in [2.75, 3.05) is 4.90 Å². The maximum atomic E-state index is 12.6. The smallest absolute Gasteiger partial charge is 0.335 e. The Hall–Kier alpha value is -3.82. The number of aromatic amines is 1. The third kappa shape index (κ3) is 3.89. The van der Waals surface area contributed by atoms with Gasteiger partial charge in [-0.3, -0.25) is 19.9 Å². The number of nitrogens with zero attached hydrogens (tertiary/aromatic N) is 3. The van der Waals surface area contributed by atoms with Crippen LogP contribution in [0.1, 0.15) is 5.69 Å². The number of imide groups is 2. The number of hydrogen-bond donors (Lipinski definition) is 3. The Balaban J connectivity index is 1.82. The number of benzene rings is 1. The monoisotopic (exact) mass is 369 g/mol. The lowest BCUT2D eigenvalue weighted by molar-refractivity contribution is -0.138. The van der Waals surface area contributed by atoms with Crippen LogP contribution in [0.25, 0.3) is 0 Å². The van der Waals surface area contributed by atoms with Gasteiger partial charge in [0.1, 0.15) is 0 Å². The van der Waals surface area contributed by atoms with E-state index >= 15 is 0 Å². The van der Waals surface area contributed by atoms with E-state index in [4.69, 9.17) is 0 Å². The molecule has 4 amide bonds. The summed E-state index contributed by atoms with van der Waals surface area (Å²) in [5, 5.41) is 11.4. The SMILES string of the molecule is O=C1NC(=O)N(c2ccccc2)C(=O)[C@@H]1C=N[C@H](Cc1cnc[nH]1)C(=O)O. The molecular weight excluding hydrogens is 354 g/mol. The van der Waals surface area contributed by atoms with Gasteiger partial charge < -0.3 is 10.1 Å². The number of amides is 4. The Kier molecular flexibility index (Phi) is 5.06. The average Bonchev–Trinajstić information content (AvgIpc) is 3.14. The zero-order valence-electron chi connectivity index (χ0n) is 13.9. The number of aliphatic carboxylic acids is 1. The van der Waals surface area contributed by atoms with Gasteiger partial charge in [-0.05, 0) is 12.1 Å². The van der Waals surface area contributed by atoms with Crippen LogP contribution in [0.2, 0.25) is 0 Å². The van der Waals surface area contributed by atoms with Gasteiger partial charge in [0.05, 0.1) is 12.0 Å². The number of aliphatic imine (C=N–C) groups is 1. The lowest BCUT2D eigenvalue weighted by Crippen LogP contribution is -2.58. The van der Waals surface area contributed by atoms with Gasteiger partial charge in [0.25, 0.3) is 5.91 Å². The van der Waals surface area contributed by atoms with E-state index in [9.17, 15) is 24.3 Å². The summed E-state index contributed by atoms with van der Waals surface area (Å²) in [6.07, 6.45) is 3.84. The van der Waals surface area contributed by atoms with E-state index in [-0.39, 0.29) is 12.1 Å². The predicted molar refractivity (Wildman–Crippen MR) is 93.2 cm³/mol. The maximum Gasteiger partial charge on any atom is 0.335 e. The van der Waals surface area contributed by atoms with Crippen LogP contribution in [0.5, 0.6) is 0 Å². The molecule has 1 aliphatic rings. The Morgan fingerprint density at radius 2 is 2.04 bits per heavy atom.